The van der Waals surface area contributed by atoms with E-state index in [-0.39, 0.29) is 18.4 Å². The fraction of sp³-hybridized carbons (Fsp3) is 0.286. The Labute approximate surface area is 247 Å². The number of likely N-dealkylation sites (tertiary alicyclic amines) is 1. The van der Waals surface area contributed by atoms with Crippen LogP contribution in [-0.4, -0.2) is 83.4 Å². The van der Waals surface area contributed by atoms with Crippen molar-refractivity contribution in [3.8, 4) is 28.3 Å². The molecule has 2 aliphatic rings. The second-order valence-electron chi connectivity index (χ2n) is 10.9. The Morgan fingerprint density at radius 3 is 1.74 bits per heavy atom. The van der Waals surface area contributed by atoms with Gasteiger partial charge in [-0.25, -0.2) is 4.98 Å². The summed E-state index contributed by atoms with van der Waals surface area (Å²) in [5, 5.41) is 0. The van der Waals surface area contributed by atoms with Gasteiger partial charge in [0.2, 0.25) is 0 Å². The summed E-state index contributed by atoms with van der Waals surface area (Å²) in [4.78, 5) is 37.7. The number of hydrogen-bond acceptors (Lipinski definition) is 5. The predicted molar refractivity (Wildman–Crippen MR) is 164 cm³/mol. The van der Waals surface area contributed by atoms with E-state index >= 15 is 0 Å². The van der Waals surface area contributed by atoms with Crippen LogP contribution < -0.4 is 4.74 Å². The molecule has 0 unspecified atom stereocenters. The van der Waals surface area contributed by atoms with Gasteiger partial charge in [-0.2, -0.15) is 0 Å². The Bertz CT molecular complexity index is 1420. The molecule has 0 saturated carbocycles. The van der Waals surface area contributed by atoms with E-state index in [2.05, 4.69) is 4.90 Å². The monoisotopic (exact) mass is 560 g/mol. The average molecular weight is 561 g/mol. The van der Waals surface area contributed by atoms with E-state index in [9.17, 15) is 9.59 Å². The molecule has 7 nitrogen and oxygen atoms in total. The van der Waals surface area contributed by atoms with Crippen LogP contribution in [-0.2, 0) is 4.79 Å². The van der Waals surface area contributed by atoms with E-state index in [0.29, 0.717) is 30.4 Å². The molecule has 2 fully saturated rings. The summed E-state index contributed by atoms with van der Waals surface area (Å²) in [6, 6.07) is 33.8. The highest BCUT2D eigenvalue weighted by molar-refractivity contribution is 5.96. The molecule has 4 aromatic rings. The van der Waals surface area contributed by atoms with Crippen LogP contribution in [0.1, 0.15) is 23.2 Å². The zero-order valence-electron chi connectivity index (χ0n) is 23.8. The molecule has 0 radical (unpaired) electrons. The van der Waals surface area contributed by atoms with Crippen LogP contribution in [0.4, 0.5) is 0 Å². The summed E-state index contributed by atoms with van der Waals surface area (Å²) in [5.74, 6) is 0.799. The first-order chi connectivity index (χ1) is 20.6. The number of rotatable bonds is 7. The predicted octanol–water partition coefficient (Wildman–Crippen LogP) is 5.24. The van der Waals surface area contributed by atoms with E-state index < -0.39 is 0 Å². The highest BCUT2D eigenvalue weighted by atomic mass is 16.5. The molecule has 7 heteroatoms. The van der Waals surface area contributed by atoms with Crippen LogP contribution in [0.25, 0.3) is 22.5 Å². The number of piperazine rings is 1. The van der Waals surface area contributed by atoms with Gasteiger partial charge in [-0.1, -0.05) is 78.9 Å². The number of pyridine rings is 1. The van der Waals surface area contributed by atoms with E-state index in [1.54, 1.807) is 0 Å². The first-order valence-electron chi connectivity index (χ1n) is 14.8. The highest BCUT2D eigenvalue weighted by Gasteiger charge is 2.31. The molecule has 0 N–H and O–H groups in total. The largest absolute Gasteiger partial charge is 0.484 e. The van der Waals surface area contributed by atoms with E-state index in [1.807, 2.05) is 113 Å². The lowest BCUT2D eigenvalue weighted by molar-refractivity contribution is -0.135. The number of amides is 2. The van der Waals surface area contributed by atoms with Crippen molar-refractivity contribution in [2.24, 2.45) is 0 Å². The fourth-order valence-corrected chi connectivity index (χ4v) is 5.87. The summed E-state index contributed by atoms with van der Waals surface area (Å²) in [6.07, 6.45) is 1.88. The second-order valence-corrected chi connectivity index (χ2v) is 10.9. The number of carbonyl (C=O) groups excluding carboxylic acids is 2. The van der Waals surface area contributed by atoms with Crippen LogP contribution in [0.5, 0.6) is 5.75 Å². The normalized spacial score (nSPS) is 16.3. The van der Waals surface area contributed by atoms with Gasteiger partial charge in [-0.3, -0.25) is 14.5 Å². The van der Waals surface area contributed by atoms with E-state index in [0.717, 1.165) is 61.5 Å². The SMILES string of the molecule is O=C(COc1ccccc1)N1CCC(N2CCN(C(=O)c3cc(-c4ccccc4)nc(-c4ccccc4)c3)CC2)CC1. The van der Waals surface area contributed by atoms with Gasteiger partial charge >= 0.3 is 0 Å². The minimum atomic E-state index is 0.0369. The summed E-state index contributed by atoms with van der Waals surface area (Å²) in [6.45, 7) is 4.60. The quantitative estimate of drug-likeness (QED) is 0.309. The zero-order chi connectivity index (χ0) is 28.7. The standard InChI is InChI=1S/C35H36N4O3/c40-34(26-42-31-14-8-3-9-15-31)38-18-16-30(17-19-38)37-20-22-39(23-21-37)35(41)29-24-32(27-10-4-1-5-11-27)36-33(25-29)28-12-6-2-7-13-28/h1-15,24-25,30H,16-23,26H2. The first kappa shape index (κ1) is 27.7. The molecule has 0 spiro atoms. The maximum Gasteiger partial charge on any atom is 0.260 e. The van der Waals surface area contributed by atoms with E-state index in [4.69, 9.17) is 9.72 Å². The molecule has 6 rings (SSSR count). The van der Waals surface area contributed by atoms with Gasteiger partial charge in [0.15, 0.2) is 6.61 Å². The summed E-state index contributed by atoms with van der Waals surface area (Å²) >= 11 is 0. The van der Waals surface area contributed by atoms with Crippen LogP contribution in [0, 0.1) is 0 Å². The first-order valence-corrected chi connectivity index (χ1v) is 14.8. The molecule has 0 bridgehead atoms. The third kappa shape index (κ3) is 6.52. The Morgan fingerprint density at radius 2 is 1.19 bits per heavy atom. The molecular weight excluding hydrogens is 524 g/mol. The number of carbonyl (C=O) groups is 2. The summed E-state index contributed by atoms with van der Waals surface area (Å²) < 4.78 is 5.66. The van der Waals surface area contributed by atoms with Crippen LogP contribution >= 0.6 is 0 Å². The molecule has 2 amide bonds. The Kier molecular flexibility index (Phi) is 8.56. The van der Waals surface area contributed by atoms with Crippen molar-refractivity contribution in [2.75, 3.05) is 45.9 Å². The van der Waals surface area contributed by atoms with Gasteiger partial charge < -0.3 is 14.5 Å². The zero-order valence-corrected chi connectivity index (χ0v) is 23.8. The van der Waals surface area contributed by atoms with Crippen molar-refractivity contribution >= 4 is 11.8 Å². The van der Waals surface area contributed by atoms with Crippen molar-refractivity contribution in [3.63, 3.8) is 0 Å². The maximum atomic E-state index is 13.8. The minimum Gasteiger partial charge on any atom is -0.484 e. The molecule has 2 aliphatic heterocycles. The van der Waals surface area contributed by atoms with Crippen molar-refractivity contribution in [1.82, 2.24) is 19.7 Å². The summed E-state index contributed by atoms with van der Waals surface area (Å²) in [7, 11) is 0. The van der Waals surface area contributed by atoms with Gasteiger partial charge in [0, 0.05) is 62.0 Å². The lowest BCUT2D eigenvalue weighted by Crippen LogP contribution is -2.55. The molecular formula is C35H36N4O3. The fourth-order valence-electron chi connectivity index (χ4n) is 5.87. The minimum absolute atomic E-state index is 0.0369. The molecule has 214 valence electrons. The van der Waals surface area contributed by atoms with Crippen LogP contribution in [0.2, 0.25) is 0 Å². The Hall–Kier alpha value is -4.49. The number of piperidine rings is 1. The number of para-hydroxylation sites is 1. The molecule has 42 heavy (non-hydrogen) atoms. The molecule has 2 saturated heterocycles. The van der Waals surface area contributed by atoms with Crippen LogP contribution in [0.15, 0.2) is 103 Å². The lowest BCUT2D eigenvalue weighted by Gasteiger charge is -2.42. The third-order valence-electron chi connectivity index (χ3n) is 8.25. The molecule has 3 heterocycles. The molecule has 0 atom stereocenters. The van der Waals surface area contributed by atoms with Crippen molar-refractivity contribution in [1.29, 1.82) is 0 Å². The molecule has 3 aromatic carbocycles. The number of aromatic nitrogens is 1. The average Bonchev–Trinajstić information content (AvgIpc) is 3.08. The maximum absolute atomic E-state index is 13.8. The molecule has 0 aliphatic carbocycles. The van der Waals surface area contributed by atoms with Gasteiger partial charge in [0.25, 0.3) is 11.8 Å². The number of benzene rings is 3. The highest BCUT2D eigenvalue weighted by Crippen LogP contribution is 2.26. The van der Waals surface area contributed by atoms with Gasteiger partial charge in [0.05, 0.1) is 11.4 Å². The van der Waals surface area contributed by atoms with Gasteiger partial charge in [0.1, 0.15) is 5.75 Å². The van der Waals surface area contributed by atoms with Crippen LogP contribution in [0.3, 0.4) is 0 Å². The van der Waals surface area contributed by atoms with Crippen molar-refractivity contribution in [2.45, 2.75) is 18.9 Å². The smallest absolute Gasteiger partial charge is 0.260 e. The lowest BCUT2D eigenvalue weighted by atomic mass is 10.0. The van der Waals surface area contributed by atoms with Crippen molar-refractivity contribution < 1.29 is 14.3 Å². The Morgan fingerprint density at radius 1 is 0.667 bits per heavy atom. The number of hydrogen-bond donors (Lipinski definition) is 0. The third-order valence-corrected chi connectivity index (χ3v) is 8.25. The topological polar surface area (TPSA) is 66.0 Å². The Balaban J connectivity index is 1.06. The van der Waals surface area contributed by atoms with Gasteiger partial charge in [-0.05, 0) is 37.1 Å². The summed E-state index contributed by atoms with van der Waals surface area (Å²) in [5.41, 5.74) is 4.25. The van der Waals surface area contributed by atoms with E-state index in [1.165, 1.54) is 0 Å². The van der Waals surface area contributed by atoms with Gasteiger partial charge in [-0.15, -0.1) is 0 Å². The number of nitrogens with zero attached hydrogens (tertiary/aromatic N) is 4. The second kappa shape index (κ2) is 13.0. The number of ether oxygens (including phenoxy) is 1. The molecule has 1 aromatic heterocycles. The van der Waals surface area contributed by atoms with Crippen molar-refractivity contribution in [3.05, 3.63) is 109 Å².